The number of rotatable bonds is 4. The first-order chi connectivity index (χ1) is 13.6. The van der Waals surface area contributed by atoms with Crippen LogP contribution in [0.25, 0.3) is 22.2 Å². The summed E-state index contributed by atoms with van der Waals surface area (Å²) < 4.78 is 0.990. The minimum absolute atomic E-state index is 0.117. The van der Waals surface area contributed by atoms with Crippen LogP contribution in [0.1, 0.15) is 21.5 Å². The van der Waals surface area contributed by atoms with Crippen molar-refractivity contribution >= 4 is 32.7 Å². The van der Waals surface area contributed by atoms with Crippen LogP contribution >= 0.6 is 15.9 Å². The molecule has 0 bridgehead atoms. The van der Waals surface area contributed by atoms with Gasteiger partial charge < -0.3 is 5.32 Å². The molecular weight excluding hydrogens is 414 g/mol. The van der Waals surface area contributed by atoms with E-state index < -0.39 is 0 Å². The molecule has 2 aromatic carbocycles. The Balaban J connectivity index is 1.74. The molecule has 0 aliphatic rings. The maximum atomic E-state index is 13.0. The fourth-order valence-electron chi connectivity index (χ4n) is 3.17. The van der Waals surface area contributed by atoms with Gasteiger partial charge in [-0.25, -0.2) is 4.98 Å². The molecule has 0 aliphatic carbocycles. The molecule has 0 unspecified atom stereocenters. The zero-order valence-electron chi connectivity index (χ0n) is 15.3. The van der Waals surface area contributed by atoms with Crippen molar-refractivity contribution in [1.82, 2.24) is 15.3 Å². The van der Waals surface area contributed by atoms with Gasteiger partial charge in [0, 0.05) is 34.4 Å². The van der Waals surface area contributed by atoms with E-state index in [0.29, 0.717) is 12.1 Å². The molecule has 138 valence electrons. The molecular formula is C23H18BrN3O. The second kappa shape index (κ2) is 7.90. The van der Waals surface area contributed by atoms with Crippen LogP contribution in [-0.4, -0.2) is 15.9 Å². The molecule has 0 atom stereocenters. The Hall–Kier alpha value is -3.05. The molecule has 0 aliphatic heterocycles. The molecule has 4 aromatic rings. The van der Waals surface area contributed by atoms with E-state index in [0.717, 1.165) is 37.8 Å². The zero-order chi connectivity index (χ0) is 19.5. The summed E-state index contributed by atoms with van der Waals surface area (Å²) in [5.41, 5.74) is 5.22. The first-order valence-corrected chi connectivity index (χ1v) is 9.74. The van der Waals surface area contributed by atoms with Crippen LogP contribution in [0, 0.1) is 6.92 Å². The van der Waals surface area contributed by atoms with Gasteiger partial charge in [-0.1, -0.05) is 46.3 Å². The fourth-order valence-corrected chi connectivity index (χ4v) is 3.62. The molecule has 2 heterocycles. The lowest BCUT2D eigenvalue weighted by atomic mass is 10.0. The Morgan fingerprint density at radius 3 is 2.61 bits per heavy atom. The number of aromatic nitrogens is 2. The minimum atomic E-state index is -0.117. The summed E-state index contributed by atoms with van der Waals surface area (Å²) >= 11 is 3.46. The average molecular weight is 432 g/mol. The highest BCUT2D eigenvalue weighted by molar-refractivity contribution is 9.10. The van der Waals surface area contributed by atoms with E-state index in [1.165, 1.54) is 0 Å². The highest BCUT2D eigenvalue weighted by atomic mass is 79.9. The number of hydrogen-bond donors (Lipinski definition) is 1. The van der Waals surface area contributed by atoms with E-state index in [1.807, 2.05) is 67.6 Å². The topological polar surface area (TPSA) is 54.9 Å². The maximum Gasteiger partial charge on any atom is 0.252 e. The van der Waals surface area contributed by atoms with Crippen molar-refractivity contribution < 1.29 is 4.79 Å². The van der Waals surface area contributed by atoms with Gasteiger partial charge in [-0.3, -0.25) is 9.78 Å². The predicted octanol–water partition coefficient (Wildman–Crippen LogP) is 5.30. The Labute approximate surface area is 171 Å². The molecule has 1 N–H and O–H groups in total. The number of aryl methyl sites for hydroxylation is 1. The number of carbonyl (C=O) groups is 1. The largest absolute Gasteiger partial charge is 0.348 e. The van der Waals surface area contributed by atoms with Crippen LogP contribution < -0.4 is 5.32 Å². The molecule has 0 fully saturated rings. The second-order valence-electron chi connectivity index (χ2n) is 6.57. The first kappa shape index (κ1) is 18.3. The molecule has 28 heavy (non-hydrogen) atoms. The number of fused-ring (bicyclic) bond motifs is 1. The summed E-state index contributed by atoms with van der Waals surface area (Å²) in [6.07, 6.45) is 3.46. The lowest BCUT2D eigenvalue weighted by molar-refractivity contribution is 0.0952. The van der Waals surface area contributed by atoms with Gasteiger partial charge in [0.05, 0.1) is 16.8 Å². The Morgan fingerprint density at radius 1 is 1.04 bits per heavy atom. The number of nitrogens with one attached hydrogen (secondary N) is 1. The minimum Gasteiger partial charge on any atom is -0.348 e. The fraction of sp³-hybridized carbons (Fsp3) is 0.0870. The normalized spacial score (nSPS) is 10.8. The number of para-hydroxylation sites is 1. The van der Waals surface area contributed by atoms with Crippen LogP contribution in [0.15, 0.2) is 77.5 Å². The highest BCUT2D eigenvalue weighted by Crippen LogP contribution is 2.26. The van der Waals surface area contributed by atoms with Crippen LogP contribution in [0.5, 0.6) is 0 Å². The predicted molar refractivity (Wildman–Crippen MR) is 115 cm³/mol. The summed E-state index contributed by atoms with van der Waals surface area (Å²) in [4.78, 5) is 21.9. The van der Waals surface area contributed by atoms with E-state index in [2.05, 4.69) is 26.2 Å². The number of hydrogen-bond acceptors (Lipinski definition) is 3. The van der Waals surface area contributed by atoms with Crippen LogP contribution in [0.2, 0.25) is 0 Å². The average Bonchev–Trinajstić information content (AvgIpc) is 2.72. The quantitative estimate of drug-likeness (QED) is 0.476. The summed E-state index contributed by atoms with van der Waals surface area (Å²) in [5.74, 6) is -0.117. The van der Waals surface area contributed by atoms with Crippen LogP contribution in [0.4, 0.5) is 0 Å². The van der Waals surface area contributed by atoms with Crippen molar-refractivity contribution in [2.45, 2.75) is 13.5 Å². The van der Waals surface area contributed by atoms with E-state index in [9.17, 15) is 4.79 Å². The molecule has 1 amide bonds. The third-order valence-corrected chi connectivity index (χ3v) is 5.10. The van der Waals surface area contributed by atoms with Crippen molar-refractivity contribution in [2.24, 2.45) is 0 Å². The molecule has 5 heteroatoms. The van der Waals surface area contributed by atoms with Gasteiger partial charge in [-0.15, -0.1) is 0 Å². The molecule has 0 saturated carbocycles. The molecule has 0 spiro atoms. The van der Waals surface area contributed by atoms with E-state index in [-0.39, 0.29) is 5.91 Å². The number of nitrogens with zero attached hydrogens (tertiary/aromatic N) is 2. The Bertz CT molecular complexity index is 1160. The molecule has 4 nitrogen and oxygen atoms in total. The summed E-state index contributed by atoms with van der Waals surface area (Å²) in [6, 6.07) is 19.5. The molecule has 4 rings (SSSR count). The number of carbonyl (C=O) groups excluding carboxylic acids is 1. The molecule has 0 radical (unpaired) electrons. The van der Waals surface area contributed by atoms with Crippen molar-refractivity contribution in [2.75, 3.05) is 0 Å². The van der Waals surface area contributed by atoms with Gasteiger partial charge in [-0.2, -0.15) is 0 Å². The second-order valence-corrected chi connectivity index (χ2v) is 7.49. The lowest BCUT2D eigenvalue weighted by Gasteiger charge is -2.12. The van der Waals surface area contributed by atoms with Crippen molar-refractivity contribution in [3.63, 3.8) is 0 Å². The number of pyridine rings is 2. The Morgan fingerprint density at radius 2 is 1.82 bits per heavy atom. The monoisotopic (exact) mass is 431 g/mol. The van der Waals surface area contributed by atoms with Crippen LogP contribution in [0.3, 0.4) is 0 Å². The third-order valence-electron chi connectivity index (χ3n) is 4.60. The molecule has 0 saturated heterocycles. The summed E-state index contributed by atoms with van der Waals surface area (Å²) in [7, 11) is 0. The molecule has 2 aromatic heterocycles. The SMILES string of the molecule is Cc1cccc2c(C(=O)NCc3cccc(Br)c3)cc(-c3ccncc3)nc12. The van der Waals surface area contributed by atoms with Gasteiger partial charge in [0.15, 0.2) is 0 Å². The number of amides is 1. The van der Waals surface area contributed by atoms with E-state index in [4.69, 9.17) is 4.98 Å². The van der Waals surface area contributed by atoms with Gasteiger partial charge in [-0.05, 0) is 48.4 Å². The van der Waals surface area contributed by atoms with Gasteiger partial charge in [0.25, 0.3) is 5.91 Å². The smallest absolute Gasteiger partial charge is 0.252 e. The Kier molecular flexibility index (Phi) is 5.17. The zero-order valence-corrected chi connectivity index (χ0v) is 16.9. The first-order valence-electron chi connectivity index (χ1n) is 8.95. The highest BCUT2D eigenvalue weighted by Gasteiger charge is 2.15. The summed E-state index contributed by atoms with van der Waals surface area (Å²) in [5, 5.41) is 3.88. The van der Waals surface area contributed by atoms with E-state index >= 15 is 0 Å². The summed E-state index contributed by atoms with van der Waals surface area (Å²) in [6.45, 7) is 2.47. The standard InChI is InChI=1S/C23H18BrN3O/c1-15-4-2-7-19-20(23(28)26-14-16-5-3-6-18(24)12-16)13-21(27-22(15)19)17-8-10-25-11-9-17/h2-13H,14H2,1H3,(H,26,28). The van der Waals surface area contributed by atoms with Crippen molar-refractivity contribution in [3.05, 3.63) is 94.2 Å². The van der Waals surface area contributed by atoms with Crippen molar-refractivity contribution in [3.8, 4) is 11.3 Å². The van der Waals surface area contributed by atoms with E-state index in [1.54, 1.807) is 12.4 Å². The van der Waals surface area contributed by atoms with Crippen LogP contribution in [-0.2, 0) is 6.54 Å². The number of benzene rings is 2. The number of halogens is 1. The maximum absolute atomic E-state index is 13.0. The van der Waals surface area contributed by atoms with Crippen molar-refractivity contribution in [1.29, 1.82) is 0 Å². The van der Waals surface area contributed by atoms with Gasteiger partial charge >= 0.3 is 0 Å². The lowest BCUT2D eigenvalue weighted by Crippen LogP contribution is -2.23. The van der Waals surface area contributed by atoms with Gasteiger partial charge in [0.1, 0.15) is 0 Å². The van der Waals surface area contributed by atoms with Gasteiger partial charge in [0.2, 0.25) is 0 Å². The third kappa shape index (κ3) is 3.80.